The van der Waals surface area contributed by atoms with Crippen LogP contribution >= 0.6 is 27.5 Å². The predicted molar refractivity (Wildman–Crippen MR) is 92.0 cm³/mol. The molecule has 0 amide bonds. The van der Waals surface area contributed by atoms with Crippen molar-refractivity contribution in [2.45, 2.75) is 32.9 Å². The first kappa shape index (κ1) is 16.3. The van der Waals surface area contributed by atoms with Crippen LogP contribution < -0.4 is 10.5 Å². The first-order valence-corrected chi connectivity index (χ1v) is 8.05. The highest BCUT2D eigenvalue weighted by Gasteiger charge is 2.11. The van der Waals surface area contributed by atoms with Gasteiger partial charge in [0.2, 0.25) is 0 Å². The zero-order valence-corrected chi connectivity index (χ0v) is 14.5. The number of benzene rings is 2. The lowest BCUT2D eigenvalue weighted by molar-refractivity contribution is 0.300. The van der Waals surface area contributed by atoms with Gasteiger partial charge >= 0.3 is 0 Å². The molecule has 1 unspecified atom stereocenters. The molecule has 0 heterocycles. The van der Waals surface area contributed by atoms with E-state index in [1.807, 2.05) is 50.2 Å². The summed E-state index contributed by atoms with van der Waals surface area (Å²) in [4.78, 5) is 0. The fourth-order valence-corrected chi connectivity index (χ4v) is 2.95. The molecule has 21 heavy (non-hydrogen) atoms. The van der Waals surface area contributed by atoms with Crippen LogP contribution in [0.1, 0.15) is 23.6 Å². The summed E-state index contributed by atoms with van der Waals surface area (Å²) in [5, 5.41) is 0.732. The number of nitrogens with two attached hydrogens (primary N) is 1. The largest absolute Gasteiger partial charge is 0.487 e. The van der Waals surface area contributed by atoms with Gasteiger partial charge in [-0.05, 0) is 59.5 Å². The molecule has 0 aliphatic heterocycles. The molecule has 2 aromatic carbocycles. The number of ether oxygens (including phenoxy) is 1. The van der Waals surface area contributed by atoms with Crippen LogP contribution in [-0.4, -0.2) is 6.04 Å². The van der Waals surface area contributed by atoms with Crippen molar-refractivity contribution >= 4 is 27.5 Å². The Morgan fingerprint density at radius 3 is 2.67 bits per heavy atom. The summed E-state index contributed by atoms with van der Waals surface area (Å²) >= 11 is 9.79. The summed E-state index contributed by atoms with van der Waals surface area (Å²) in [5.41, 5.74) is 9.12. The third-order valence-electron chi connectivity index (χ3n) is 3.17. The smallest absolute Gasteiger partial charge is 0.137 e. The van der Waals surface area contributed by atoms with Gasteiger partial charge in [0.25, 0.3) is 0 Å². The molecule has 0 spiro atoms. The Balaban J connectivity index is 2.19. The first-order chi connectivity index (χ1) is 9.97. The van der Waals surface area contributed by atoms with Gasteiger partial charge in [-0.2, -0.15) is 0 Å². The van der Waals surface area contributed by atoms with Gasteiger partial charge in [0.15, 0.2) is 0 Å². The molecule has 0 aliphatic rings. The Morgan fingerprint density at radius 2 is 2.00 bits per heavy atom. The molecule has 0 saturated carbocycles. The molecule has 112 valence electrons. The minimum Gasteiger partial charge on any atom is -0.487 e. The average molecular weight is 369 g/mol. The lowest BCUT2D eigenvalue weighted by atomic mass is 10.1. The van der Waals surface area contributed by atoms with E-state index < -0.39 is 0 Å². The molecule has 0 bridgehead atoms. The fourth-order valence-electron chi connectivity index (χ4n) is 2.14. The molecular formula is C17H19BrClNO. The minimum absolute atomic E-state index is 0.0876. The van der Waals surface area contributed by atoms with Gasteiger partial charge in [-0.1, -0.05) is 35.9 Å². The topological polar surface area (TPSA) is 35.2 Å². The number of aryl methyl sites for hydroxylation is 1. The van der Waals surface area contributed by atoms with Crippen molar-refractivity contribution < 1.29 is 4.74 Å². The summed E-state index contributed by atoms with van der Waals surface area (Å²) in [6.07, 6.45) is 0.774. The van der Waals surface area contributed by atoms with E-state index in [1.54, 1.807) is 0 Å². The van der Waals surface area contributed by atoms with E-state index >= 15 is 0 Å². The van der Waals surface area contributed by atoms with Gasteiger partial charge in [-0.3, -0.25) is 0 Å². The predicted octanol–water partition coefficient (Wildman–Crippen LogP) is 4.88. The number of hydrogen-bond acceptors (Lipinski definition) is 2. The summed E-state index contributed by atoms with van der Waals surface area (Å²) < 4.78 is 6.92. The third kappa shape index (κ3) is 4.47. The van der Waals surface area contributed by atoms with E-state index in [1.165, 1.54) is 0 Å². The Kier molecular flexibility index (Phi) is 5.68. The molecule has 0 aromatic heterocycles. The third-order valence-corrected chi connectivity index (χ3v) is 4.15. The molecule has 0 aliphatic carbocycles. The fraction of sp³-hybridized carbons (Fsp3) is 0.294. The van der Waals surface area contributed by atoms with Crippen LogP contribution in [-0.2, 0) is 13.0 Å². The lowest BCUT2D eigenvalue weighted by Crippen LogP contribution is -2.18. The molecule has 0 radical (unpaired) electrons. The first-order valence-electron chi connectivity index (χ1n) is 6.88. The SMILES string of the molecule is Cc1ccc(COc2c(Br)cccc2CC(C)N)c(Cl)c1. The number of para-hydroxylation sites is 1. The lowest BCUT2D eigenvalue weighted by Gasteiger charge is -2.15. The van der Waals surface area contributed by atoms with Crippen molar-refractivity contribution in [3.63, 3.8) is 0 Å². The van der Waals surface area contributed by atoms with E-state index in [-0.39, 0.29) is 6.04 Å². The highest BCUT2D eigenvalue weighted by Crippen LogP contribution is 2.31. The second-order valence-corrected chi connectivity index (χ2v) is 6.55. The van der Waals surface area contributed by atoms with Crippen molar-refractivity contribution in [2.75, 3.05) is 0 Å². The van der Waals surface area contributed by atoms with Crippen LogP contribution in [0.25, 0.3) is 0 Å². The highest BCUT2D eigenvalue weighted by molar-refractivity contribution is 9.10. The summed E-state index contributed by atoms with van der Waals surface area (Å²) in [6, 6.07) is 12.1. The normalized spacial score (nSPS) is 12.2. The Labute approximate surface area is 139 Å². The van der Waals surface area contributed by atoms with Gasteiger partial charge in [0.1, 0.15) is 12.4 Å². The van der Waals surface area contributed by atoms with Crippen LogP contribution in [0.15, 0.2) is 40.9 Å². The zero-order chi connectivity index (χ0) is 15.4. The molecule has 1 atom stereocenters. The van der Waals surface area contributed by atoms with Crippen molar-refractivity contribution in [3.05, 3.63) is 62.6 Å². The number of hydrogen-bond donors (Lipinski definition) is 1. The van der Waals surface area contributed by atoms with Crippen molar-refractivity contribution in [1.29, 1.82) is 0 Å². The van der Waals surface area contributed by atoms with Gasteiger partial charge in [0, 0.05) is 16.6 Å². The van der Waals surface area contributed by atoms with Crippen molar-refractivity contribution in [2.24, 2.45) is 5.73 Å². The summed E-state index contributed by atoms with van der Waals surface area (Å²) in [6.45, 7) is 4.44. The standard InChI is InChI=1S/C17H19BrClNO/c1-11-6-7-14(16(19)8-11)10-21-17-13(9-12(2)20)4-3-5-15(17)18/h3-8,12H,9-10,20H2,1-2H3. The maximum atomic E-state index is 6.25. The molecule has 2 N–H and O–H groups in total. The molecule has 4 heteroatoms. The van der Waals surface area contributed by atoms with Gasteiger partial charge in [-0.25, -0.2) is 0 Å². The zero-order valence-electron chi connectivity index (χ0n) is 12.2. The van der Waals surface area contributed by atoms with Crippen molar-refractivity contribution in [3.8, 4) is 5.75 Å². The number of rotatable bonds is 5. The molecule has 0 fully saturated rings. The van der Waals surface area contributed by atoms with E-state index in [4.69, 9.17) is 22.1 Å². The Hall–Kier alpha value is -1.03. The van der Waals surface area contributed by atoms with Gasteiger partial charge in [0.05, 0.1) is 4.47 Å². The van der Waals surface area contributed by atoms with E-state index in [0.717, 1.165) is 38.4 Å². The number of halogens is 2. The van der Waals surface area contributed by atoms with E-state index in [9.17, 15) is 0 Å². The van der Waals surface area contributed by atoms with Crippen LogP contribution in [0.3, 0.4) is 0 Å². The van der Waals surface area contributed by atoms with Crippen LogP contribution in [0.5, 0.6) is 5.75 Å². The van der Waals surface area contributed by atoms with Gasteiger partial charge in [-0.15, -0.1) is 0 Å². The Morgan fingerprint density at radius 1 is 1.24 bits per heavy atom. The Bertz CT molecular complexity index is 628. The maximum absolute atomic E-state index is 6.25. The second-order valence-electron chi connectivity index (χ2n) is 5.29. The highest BCUT2D eigenvalue weighted by atomic mass is 79.9. The summed E-state index contributed by atoms with van der Waals surface area (Å²) in [5.74, 6) is 0.839. The molecular weight excluding hydrogens is 350 g/mol. The molecule has 2 aromatic rings. The second kappa shape index (κ2) is 7.30. The quantitative estimate of drug-likeness (QED) is 0.816. The van der Waals surface area contributed by atoms with Gasteiger partial charge < -0.3 is 10.5 Å². The van der Waals surface area contributed by atoms with Crippen LogP contribution in [0, 0.1) is 6.92 Å². The van der Waals surface area contributed by atoms with E-state index in [0.29, 0.717) is 6.61 Å². The average Bonchev–Trinajstić information content (AvgIpc) is 2.39. The maximum Gasteiger partial charge on any atom is 0.137 e. The molecule has 2 rings (SSSR count). The summed E-state index contributed by atoms with van der Waals surface area (Å²) in [7, 11) is 0. The monoisotopic (exact) mass is 367 g/mol. The van der Waals surface area contributed by atoms with Crippen molar-refractivity contribution in [1.82, 2.24) is 0 Å². The molecule has 0 saturated heterocycles. The van der Waals surface area contributed by atoms with Crippen LogP contribution in [0.2, 0.25) is 5.02 Å². The van der Waals surface area contributed by atoms with Crippen LogP contribution in [0.4, 0.5) is 0 Å². The van der Waals surface area contributed by atoms with E-state index in [2.05, 4.69) is 15.9 Å². The molecule has 2 nitrogen and oxygen atoms in total. The minimum atomic E-state index is 0.0876.